The average molecular weight is 218 g/mol. The van der Waals surface area contributed by atoms with Crippen molar-refractivity contribution in [2.45, 2.75) is 0 Å². The van der Waals surface area contributed by atoms with Gasteiger partial charge >= 0.3 is 5.97 Å². The van der Waals surface area contributed by atoms with Crippen LogP contribution >= 0.6 is 0 Å². The Morgan fingerprint density at radius 3 is 2.75 bits per heavy atom. The molecule has 2 aromatic heterocycles. The molecule has 1 N–H and O–H groups in total. The number of H-pyrrole nitrogens is 1. The van der Waals surface area contributed by atoms with E-state index in [0.29, 0.717) is 0 Å². The molecule has 0 aliphatic carbocycles. The third-order valence-corrected chi connectivity index (χ3v) is 1.67. The van der Waals surface area contributed by atoms with E-state index < -0.39 is 11.4 Å². The monoisotopic (exact) mass is 218 g/mol. The molecule has 2 aromatic rings. The SMILES string of the molecule is O=C(Oc1n[nH]ccc1=O)c1cncnc1. The zero-order valence-electron chi connectivity index (χ0n) is 7.95. The van der Waals surface area contributed by atoms with E-state index in [4.69, 9.17) is 4.74 Å². The summed E-state index contributed by atoms with van der Waals surface area (Å²) in [6.45, 7) is 0. The lowest BCUT2D eigenvalue weighted by Crippen LogP contribution is -2.16. The van der Waals surface area contributed by atoms with Gasteiger partial charge < -0.3 is 4.74 Å². The van der Waals surface area contributed by atoms with E-state index in [9.17, 15) is 9.59 Å². The van der Waals surface area contributed by atoms with Gasteiger partial charge in [-0.3, -0.25) is 9.89 Å². The van der Waals surface area contributed by atoms with Crippen LogP contribution in [0.4, 0.5) is 0 Å². The highest BCUT2D eigenvalue weighted by molar-refractivity contribution is 5.90. The van der Waals surface area contributed by atoms with E-state index in [2.05, 4.69) is 20.2 Å². The fourth-order valence-corrected chi connectivity index (χ4v) is 0.960. The van der Waals surface area contributed by atoms with E-state index in [1.807, 2.05) is 0 Å². The summed E-state index contributed by atoms with van der Waals surface area (Å²) in [6, 6.07) is 1.21. The van der Waals surface area contributed by atoms with Crippen LogP contribution in [0.1, 0.15) is 10.4 Å². The molecule has 16 heavy (non-hydrogen) atoms. The van der Waals surface area contributed by atoms with Crippen LogP contribution in [0.5, 0.6) is 5.88 Å². The molecule has 7 nitrogen and oxygen atoms in total. The predicted molar refractivity (Wildman–Crippen MR) is 51.8 cm³/mol. The molecule has 0 amide bonds. The van der Waals surface area contributed by atoms with Crippen LogP contribution in [-0.4, -0.2) is 26.1 Å². The molecule has 0 fully saturated rings. The molecule has 0 aromatic carbocycles. The summed E-state index contributed by atoms with van der Waals surface area (Å²) in [4.78, 5) is 30.0. The minimum atomic E-state index is -0.732. The molecule has 0 bridgehead atoms. The smallest absolute Gasteiger partial charge is 0.348 e. The van der Waals surface area contributed by atoms with Crippen LogP contribution in [0.3, 0.4) is 0 Å². The number of ether oxygens (including phenoxy) is 1. The van der Waals surface area contributed by atoms with Crippen molar-refractivity contribution in [2.75, 3.05) is 0 Å². The topological polar surface area (TPSA) is 97.8 Å². The second kappa shape index (κ2) is 4.30. The summed E-state index contributed by atoms with van der Waals surface area (Å²) < 4.78 is 4.76. The van der Waals surface area contributed by atoms with Gasteiger partial charge in [0, 0.05) is 24.7 Å². The van der Waals surface area contributed by atoms with Crippen LogP contribution in [0.2, 0.25) is 0 Å². The molecule has 0 aliphatic heterocycles. The third kappa shape index (κ3) is 2.08. The van der Waals surface area contributed by atoms with Crippen molar-refractivity contribution in [3.63, 3.8) is 0 Å². The zero-order valence-corrected chi connectivity index (χ0v) is 7.95. The molecule has 0 atom stereocenters. The number of carbonyl (C=O) groups is 1. The molecule has 80 valence electrons. The van der Waals surface area contributed by atoms with Crippen molar-refractivity contribution in [3.8, 4) is 5.88 Å². The summed E-state index contributed by atoms with van der Waals surface area (Å²) in [5, 5.41) is 5.92. The first-order chi connectivity index (χ1) is 7.77. The first-order valence-electron chi connectivity index (χ1n) is 4.28. The fourth-order valence-electron chi connectivity index (χ4n) is 0.960. The minimum absolute atomic E-state index is 0.146. The lowest BCUT2D eigenvalue weighted by Gasteiger charge is -2.00. The molecule has 7 heteroatoms. The van der Waals surface area contributed by atoms with E-state index in [-0.39, 0.29) is 11.4 Å². The van der Waals surface area contributed by atoms with Crippen molar-refractivity contribution in [3.05, 3.63) is 46.8 Å². The minimum Gasteiger partial charge on any atom is -0.398 e. The van der Waals surface area contributed by atoms with Gasteiger partial charge in [0.15, 0.2) is 0 Å². The van der Waals surface area contributed by atoms with Crippen LogP contribution in [-0.2, 0) is 0 Å². The Bertz CT molecular complexity index is 552. The molecule has 0 saturated heterocycles. The standard InChI is InChI=1S/C9H6N4O3/c14-7-1-2-12-13-8(7)16-9(15)6-3-10-5-11-4-6/h1-5H,(H,12,14). The summed E-state index contributed by atoms with van der Waals surface area (Å²) in [5.74, 6) is -1.04. The van der Waals surface area contributed by atoms with Crippen LogP contribution in [0.25, 0.3) is 0 Å². The number of nitrogens with zero attached hydrogens (tertiary/aromatic N) is 3. The Hall–Kier alpha value is -2.57. The van der Waals surface area contributed by atoms with Gasteiger partial charge in [-0.1, -0.05) is 0 Å². The number of carbonyl (C=O) groups excluding carboxylic acids is 1. The van der Waals surface area contributed by atoms with E-state index in [1.165, 1.54) is 31.0 Å². The van der Waals surface area contributed by atoms with Gasteiger partial charge in [0.2, 0.25) is 5.43 Å². The van der Waals surface area contributed by atoms with E-state index >= 15 is 0 Å². The van der Waals surface area contributed by atoms with Crippen molar-refractivity contribution >= 4 is 5.97 Å². The number of esters is 1. The Morgan fingerprint density at radius 2 is 2.06 bits per heavy atom. The van der Waals surface area contributed by atoms with Crippen molar-refractivity contribution in [1.29, 1.82) is 0 Å². The zero-order chi connectivity index (χ0) is 11.4. The highest BCUT2D eigenvalue weighted by Gasteiger charge is 2.11. The average Bonchev–Trinajstić information content (AvgIpc) is 2.33. The van der Waals surface area contributed by atoms with Gasteiger partial charge in [-0.2, -0.15) is 0 Å². The van der Waals surface area contributed by atoms with Crippen molar-refractivity contribution in [1.82, 2.24) is 20.2 Å². The van der Waals surface area contributed by atoms with E-state index in [0.717, 1.165) is 0 Å². The third-order valence-electron chi connectivity index (χ3n) is 1.67. The summed E-state index contributed by atoms with van der Waals surface area (Å²) >= 11 is 0. The lowest BCUT2D eigenvalue weighted by atomic mass is 10.3. The van der Waals surface area contributed by atoms with Gasteiger partial charge in [-0.25, -0.2) is 14.8 Å². The molecule has 0 spiro atoms. The highest BCUT2D eigenvalue weighted by Crippen LogP contribution is 2.00. The second-order valence-electron chi connectivity index (χ2n) is 2.76. The number of rotatable bonds is 2. The Labute approximate surface area is 89.1 Å². The van der Waals surface area contributed by atoms with Crippen LogP contribution in [0, 0.1) is 0 Å². The number of hydrogen-bond donors (Lipinski definition) is 1. The van der Waals surface area contributed by atoms with E-state index in [1.54, 1.807) is 0 Å². The van der Waals surface area contributed by atoms with Crippen LogP contribution in [0.15, 0.2) is 35.8 Å². The summed E-state index contributed by atoms with van der Waals surface area (Å²) in [6.07, 6.45) is 5.19. The molecule has 0 radical (unpaired) electrons. The number of aromatic amines is 1. The van der Waals surface area contributed by atoms with Gasteiger partial charge in [0.25, 0.3) is 5.88 Å². The summed E-state index contributed by atoms with van der Waals surface area (Å²) in [7, 11) is 0. The number of hydrogen-bond acceptors (Lipinski definition) is 6. The fraction of sp³-hybridized carbons (Fsp3) is 0. The second-order valence-corrected chi connectivity index (χ2v) is 2.76. The van der Waals surface area contributed by atoms with Gasteiger partial charge in [-0.15, -0.1) is 5.10 Å². The first kappa shape index (κ1) is 9.97. The maximum Gasteiger partial charge on any atom is 0.348 e. The van der Waals surface area contributed by atoms with Gasteiger partial charge in [-0.05, 0) is 0 Å². The molecular formula is C9H6N4O3. The quantitative estimate of drug-likeness (QED) is 0.699. The van der Waals surface area contributed by atoms with Crippen molar-refractivity contribution < 1.29 is 9.53 Å². The largest absolute Gasteiger partial charge is 0.398 e. The Morgan fingerprint density at radius 1 is 1.31 bits per heavy atom. The number of nitrogens with one attached hydrogen (secondary N) is 1. The van der Waals surface area contributed by atoms with Gasteiger partial charge in [0.1, 0.15) is 6.33 Å². The Kier molecular flexibility index (Phi) is 2.68. The van der Waals surface area contributed by atoms with Gasteiger partial charge in [0.05, 0.1) is 5.56 Å². The normalized spacial score (nSPS) is 9.75. The molecule has 0 unspecified atom stereocenters. The van der Waals surface area contributed by atoms with Crippen molar-refractivity contribution in [2.24, 2.45) is 0 Å². The Balaban J connectivity index is 2.21. The first-order valence-corrected chi connectivity index (χ1v) is 4.28. The predicted octanol–water partition coefficient (Wildman–Crippen LogP) is -0.221. The number of aromatic nitrogens is 4. The highest BCUT2D eigenvalue weighted by atomic mass is 16.5. The molecular weight excluding hydrogens is 212 g/mol. The molecule has 2 heterocycles. The molecule has 0 saturated carbocycles. The van der Waals surface area contributed by atoms with Crippen LogP contribution < -0.4 is 10.2 Å². The molecule has 0 aliphatic rings. The lowest BCUT2D eigenvalue weighted by molar-refractivity contribution is 0.0723. The maximum absolute atomic E-state index is 11.5. The summed E-state index contributed by atoms with van der Waals surface area (Å²) in [5.41, 5.74) is -0.337. The molecule has 2 rings (SSSR count). The maximum atomic E-state index is 11.5.